The maximum Gasteiger partial charge on any atom is 0.160 e. The molecule has 1 nitrogen and oxygen atoms in total. The second kappa shape index (κ2) is 2.86. The van der Waals surface area contributed by atoms with E-state index in [2.05, 4.69) is 0 Å². The van der Waals surface area contributed by atoms with E-state index in [9.17, 15) is 4.39 Å². The fraction of sp³-hybridized carbons (Fsp3) is 0.500. The minimum atomic E-state index is -0.236. The van der Waals surface area contributed by atoms with Gasteiger partial charge in [-0.25, -0.2) is 4.39 Å². The van der Waals surface area contributed by atoms with Gasteiger partial charge in [0.05, 0.1) is 7.11 Å². The molecule has 0 aromatic carbocycles. The van der Waals surface area contributed by atoms with Gasteiger partial charge in [0.25, 0.3) is 0 Å². The van der Waals surface area contributed by atoms with E-state index in [0.717, 1.165) is 0 Å². The van der Waals surface area contributed by atoms with Gasteiger partial charge in [-0.3, -0.25) is 0 Å². The summed E-state index contributed by atoms with van der Waals surface area (Å²) in [6, 6.07) is 0. The molecule has 0 spiro atoms. The van der Waals surface area contributed by atoms with Crippen molar-refractivity contribution in [1.82, 2.24) is 0 Å². The first-order valence-corrected chi connectivity index (χ1v) is 3.35. The van der Waals surface area contributed by atoms with Crippen molar-refractivity contribution in [3.8, 4) is 0 Å². The number of methoxy groups -OCH3 is 1. The van der Waals surface area contributed by atoms with Gasteiger partial charge in [0.1, 0.15) is 5.76 Å². The van der Waals surface area contributed by atoms with Crippen molar-refractivity contribution in [3.63, 3.8) is 0 Å². The average molecular weight is 142 g/mol. The minimum absolute atomic E-state index is 0.236. The van der Waals surface area contributed by atoms with Gasteiger partial charge in [-0.05, 0) is 12.0 Å². The Bertz CT molecular complexity index is 182. The molecule has 10 heavy (non-hydrogen) atoms. The van der Waals surface area contributed by atoms with Crippen molar-refractivity contribution in [2.75, 3.05) is 7.11 Å². The monoisotopic (exact) mass is 142 g/mol. The second-order valence-electron chi connectivity index (χ2n) is 2.52. The molecule has 0 saturated heterocycles. The van der Waals surface area contributed by atoms with E-state index in [1.165, 1.54) is 13.2 Å². The van der Waals surface area contributed by atoms with Gasteiger partial charge in [-0.2, -0.15) is 0 Å². The maximum atomic E-state index is 12.7. The average Bonchev–Trinajstić information content (AvgIpc) is 1.94. The van der Waals surface area contributed by atoms with Gasteiger partial charge < -0.3 is 4.74 Å². The summed E-state index contributed by atoms with van der Waals surface area (Å²) in [6.07, 6.45) is 3.99. The summed E-state index contributed by atoms with van der Waals surface area (Å²) in [5.41, 5.74) is 0. The molecule has 0 bridgehead atoms. The smallest absolute Gasteiger partial charge is 0.160 e. The zero-order valence-electron chi connectivity index (χ0n) is 6.23. The topological polar surface area (TPSA) is 9.23 Å². The molecule has 0 aliphatic heterocycles. The molecule has 0 radical (unpaired) electrons. The van der Waals surface area contributed by atoms with Crippen molar-refractivity contribution in [1.29, 1.82) is 0 Å². The Morgan fingerprint density at radius 3 is 2.90 bits per heavy atom. The highest BCUT2D eigenvalue weighted by molar-refractivity contribution is 5.21. The molecule has 1 atom stereocenters. The van der Waals surface area contributed by atoms with Crippen LogP contribution in [-0.4, -0.2) is 7.11 Å². The van der Waals surface area contributed by atoms with Crippen LogP contribution in [0.3, 0.4) is 0 Å². The molecule has 1 rings (SSSR count). The largest absolute Gasteiger partial charge is 0.498 e. The highest BCUT2D eigenvalue weighted by Gasteiger charge is 2.12. The number of rotatable bonds is 1. The Morgan fingerprint density at radius 2 is 2.40 bits per heavy atom. The van der Waals surface area contributed by atoms with Crippen molar-refractivity contribution in [2.24, 2.45) is 5.92 Å². The summed E-state index contributed by atoms with van der Waals surface area (Å²) in [7, 11) is 1.50. The molecule has 0 aromatic rings. The lowest BCUT2D eigenvalue weighted by molar-refractivity contribution is 0.252. The summed E-state index contributed by atoms with van der Waals surface area (Å²) in [6.45, 7) is 2.03. The van der Waals surface area contributed by atoms with Crippen LogP contribution in [0.5, 0.6) is 0 Å². The van der Waals surface area contributed by atoms with Gasteiger partial charge in [0.15, 0.2) is 5.83 Å². The van der Waals surface area contributed by atoms with Crippen molar-refractivity contribution >= 4 is 0 Å². The van der Waals surface area contributed by atoms with Gasteiger partial charge in [0.2, 0.25) is 0 Å². The number of allylic oxidation sites excluding steroid dienone is 4. The second-order valence-corrected chi connectivity index (χ2v) is 2.52. The van der Waals surface area contributed by atoms with Crippen molar-refractivity contribution in [3.05, 3.63) is 23.7 Å². The molecule has 2 heteroatoms. The molecular weight excluding hydrogens is 131 g/mol. The lowest BCUT2D eigenvalue weighted by Crippen LogP contribution is -2.01. The highest BCUT2D eigenvalue weighted by Crippen LogP contribution is 2.23. The summed E-state index contributed by atoms with van der Waals surface area (Å²) >= 11 is 0. The molecule has 1 aliphatic rings. The molecule has 0 aromatic heterocycles. The number of ether oxygens (including phenoxy) is 1. The third-order valence-corrected chi connectivity index (χ3v) is 1.59. The zero-order chi connectivity index (χ0) is 7.56. The lowest BCUT2D eigenvalue weighted by Gasteiger charge is -2.13. The maximum absolute atomic E-state index is 12.7. The van der Waals surface area contributed by atoms with Crippen LogP contribution in [0.4, 0.5) is 4.39 Å². The van der Waals surface area contributed by atoms with Crippen LogP contribution in [0.2, 0.25) is 0 Å². The Hall–Kier alpha value is -0.790. The molecule has 1 aliphatic carbocycles. The van der Waals surface area contributed by atoms with Crippen molar-refractivity contribution < 1.29 is 9.13 Å². The summed E-state index contributed by atoms with van der Waals surface area (Å²) in [5, 5.41) is 0. The quantitative estimate of drug-likeness (QED) is 0.546. The zero-order valence-corrected chi connectivity index (χ0v) is 6.23. The van der Waals surface area contributed by atoms with E-state index in [0.29, 0.717) is 18.1 Å². The number of halogens is 1. The molecular formula is C8H11FO. The van der Waals surface area contributed by atoms with Gasteiger partial charge in [-0.1, -0.05) is 13.0 Å². The normalized spacial score (nSPS) is 25.3. The van der Waals surface area contributed by atoms with Crippen LogP contribution in [0.15, 0.2) is 23.7 Å². The standard InChI is InChI=1S/C8H11FO/c1-6-3-4-7(9)8(5-6)10-2/h3-4,6H,5H2,1-2H3/t6-/m0/s1. The van der Waals surface area contributed by atoms with E-state index < -0.39 is 0 Å². The van der Waals surface area contributed by atoms with Gasteiger partial charge in [-0.15, -0.1) is 0 Å². The van der Waals surface area contributed by atoms with E-state index in [-0.39, 0.29) is 5.83 Å². The van der Waals surface area contributed by atoms with Crippen LogP contribution in [0.25, 0.3) is 0 Å². The summed E-state index contributed by atoms with van der Waals surface area (Å²) in [5.74, 6) is 0.630. The number of hydrogen-bond donors (Lipinski definition) is 0. The third-order valence-electron chi connectivity index (χ3n) is 1.59. The van der Waals surface area contributed by atoms with Gasteiger partial charge >= 0.3 is 0 Å². The van der Waals surface area contributed by atoms with Crippen LogP contribution in [-0.2, 0) is 4.74 Å². The molecule has 0 heterocycles. The first-order chi connectivity index (χ1) is 4.74. The lowest BCUT2D eigenvalue weighted by atomic mass is 10.0. The fourth-order valence-electron chi connectivity index (χ4n) is 0.981. The first-order valence-electron chi connectivity index (χ1n) is 3.35. The van der Waals surface area contributed by atoms with Crippen LogP contribution >= 0.6 is 0 Å². The molecule has 56 valence electrons. The molecule has 0 amide bonds. The molecule has 0 N–H and O–H groups in total. The highest BCUT2D eigenvalue weighted by atomic mass is 19.1. The van der Waals surface area contributed by atoms with E-state index in [1.807, 2.05) is 13.0 Å². The van der Waals surface area contributed by atoms with E-state index in [4.69, 9.17) is 4.74 Å². The fourth-order valence-corrected chi connectivity index (χ4v) is 0.981. The Labute approximate surface area is 60.2 Å². The molecule has 0 fully saturated rings. The predicted octanol–water partition coefficient (Wildman–Crippen LogP) is 2.41. The van der Waals surface area contributed by atoms with E-state index >= 15 is 0 Å². The molecule has 0 unspecified atom stereocenters. The molecule has 0 saturated carbocycles. The summed E-state index contributed by atoms with van der Waals surface area (Å²) < 4.78 is 17.5. The third kappa shape index (κ3) is 1.38. The van der Waals surface area contributed by atoms with Crippen LogP contribution < -0.4 is 0 Å². The predicted molar refractivity (Wildman–Crippen MR) is 38.1 cm³/mol. The van der Waals surface area contributed by atoms with Gasteiger partial charge in [0, 0.05) is 6.42 Å². The summed E-state index contributed by atoms with van der Waals surface area (Å²) in [4.78, 5) is 0. The Morgan fingerprint density at radius 1 is 1.70 bits per heavy atom. The van der Waals surface area contributed by atoms with Crippen LogP contribution in [0.1, 0.15) is 13.3 Å². The first kappa shape index (κ1) is 7.32. The number of hydrogen-bond acceptors (Lipinski definition) is 1. The van der Waals surface area contributed by atoms with Crippen molar-refractivity contribution in [2.45, 2.75) is 13.3 Å². The SMILES string of the molecule is COC1=C(F)C=C[C@H](C)C1. The Kier molecular flexibility index (Phi) is 2.10. The minimum Gasteiger partial charge on any atom is -0.498 e. The Balaban J connectivity index is 2.74. The van der Waals surface area contributed by atoms with E-state index in [1.54, 1.807) is 0 Å². The van der Waals surface area contributed by atoms with Crippen LogP contribution in [0, 0.1) is 5.92 Å².